The molecule has 0 spiro atoms. The van der Waals surface area contributed by atoms with Crippen molar-refractivity contribution in [3.8, 4) is 5.75 Å². The average Bonchev–Trinajstić information content (AvgIpc) is 2.92. The van der Waals surface area contributed by atoms with Crippen molar-refractivity contribution in [3.63, 3.8) is 0 Å². The Morgan fingerprint density at radius 1 is 1.27 bits per heavy atom. The minimum atomic E-state index is -0.992. The first-order valence-corrected chi connectivity index (χ1v) is 7.76. The van der Waals surface area contributed by atoms with E-state index in [1.54, 1.807) is 19.1 Å². The van der Waals surface area contributed by atoms with E-state index in [2.05, 4.69) is 10.4 Å². The number of ether oxygens (including phenoxy) is 1. The number of hydrogen-bond acceptors (Lipinski definition) is 4. The number of carbonyl (C=O) groups is 1. The summed E-state index contributed by atoms with van der Waals surface area (Å²) in [6.45, 7) is 1.32. The third kappa shape index (κ3) is 3.41. The maximum Gasteiger partial charge on any atom is 0.350 e. The predicted molar refractivity (Wildman–Crippen MR) is 88.9 cm³/mol. The monoisotopic (exact) mass is 362 g/mol. The van der Waals surface area contributed by atoms with Crippen LogP contribution in [0.15, 0.2) is 41.3 Å². The van der Waals surface area contributed by atoms with E-state index < -0.39 is 29.3 Å². The number of methoxy groups -OCH3 is 1. The molecule has 0 aliphatic carbocycles. The van der Waals surface area contributed by atoms with E-state index in [4.69, 9.17) is 4.74 Å². The van der Waals surface area contributed by atoms with Crippen LogP contribution in [-0.4, -0.2) is 27.2 Å². The minimum absolute atomic E-state index is 0.309. The van der Waals surface area contributed by atoms with Crippen LogP contribution in [0.5, 0.6) is 5.75 Å². The van der Waals surface area contributed by atoms with Crippen LogP contribution in [0.1, 0.15) is 18.5 Å². The zero-order valence-corrected chi connectivity index (χ0v) is 14.1. The molecule has 3 aromatic rings. The van der Waals surface area contributed by atoms with Gasteiger partial charge in [0.1, 0.15) is 12.3 Å². The number of amides is 1. The van der Waals surface area contributed by atoms with E-state index in [9.17, 15) is 18.4 Å². The number of benzene rings is 1. The Morgan fingerprint density at radius 2 is 2.04 bits per heavy atom. The molecule has 0 unspecified atom stereocenters. The molecule has 9 heteroatoms. The second kappa shape index (κ2) is 6.95. The van der Waals surface area contributed by atoms with Gasteiger partial charge in [-0.05, 0) is 30.7 Å². The molecule has 3 rings (SSSR count). The number of aromatic nitrogens is 3. The molecule has 0 saturated carbocycles. The second-order valence-electron chi connectivity index (χ2n) is 5.70. The standard InChI is InChI=1S/C17H16F2N4O3/c1-10(11-3-4-13(18)14(19)7-11)20-16(24)9-23-17(25)22-6-5-12(26-2)8-15(22)21-23/h3-8,10H,9H2,1-2H3,(H,20,24)/t10-/m0/s1. The molecule has 2 aromatic heterocycles. The Bertz CT molecular complexity index is 1030. The molecule has 1 amide bonds. The summed E-state index contributed by atoms with van der Waals surface area (Å²) < 4.78 is 33.7. The third-order valence-electron chi connectivity index (χ3n) is 3.91. The molecule has 2 heterocycles. The number of fused-ring (bicyclic) bond motifs is 1. The van der Waals surface area contributed by atoms with Gasteiger partial charge in [0.15, 0.2) is 17.3 Å². The Balaban J connectivity index is 1.75. The highest BCUT2D eigenvalue weighted by Gasteiger charge is 2.15. The number of pyridine rings is 1. The SMILES string of the molecule is COc1ccn2c(=O)n(CC(=O)N[C@@H](C)c3ccc(F)c(F)c3)nc2c1. The molecule has 0 bridgehead atoms. The third-order valence-corrected chi connectivity index (χ3v) is 3.91. The Morgan fingerprint density at radius 3 is 2.73 bits per heavy atom. The molecular weight excluding hydrogens is 346 g/mol. The van der Waals surface area contributed by atoms with Crippen LogP contribution in [0.2, 0.25) is 0 Å². The molecule has 0 aliphatic heterocycles. The minimum Gasteiger partial charge on any atom is -0.497 e. The van der Waals surface area contributed by atoms with Crippen LogP contribution in [0.4, 0.5) is 8.78 Å². The number of nitrogens with zero attached hydrogens (tertiary/aromatic N) is 3. The lowest BCUT2D eigenvalue weighted by molar-refractivity contribution is -0.122. The van der Waals surface area contributed by atoms with E-state index in [0.717, 1.165) is 16.8 Å². The summed E-state index contributed by atoms with van der Waals surface area (Å²) in [5.74, 6) is -1.90. The Labute approximate surface area is 146 Å². The quantitative estimate of drug-likeness (QED) is 0.749. The fourth-order valence-electron chi connectivity index (χ4n) is 2.52. The second-order valence-corrected chi connectivity index (χ2v) is 5.70. The van der Waals surface area contributed by atoms with E-state index in [1.807, 2.05) is 0 Å². The van der Waals surface area contributed by atoms with Gasteiger partial charge in [0.2, 0.25) is 5.91 Å². The number of carbonyl (C=O) groups excluding carboxylic acids is 1. The summed E-state index contributed by atoms with van der Waals surface area (Å²) in [6, 6.07) is 6.00. The van der Waals surface area contributed by atoms with Crippen molar-refractivity contribution in [1.82, 2.24) is 19.5 Å². The number of halogens is 2. The molecular formula is C17H16F2N4O3. The summed E-state index contributed by atoms with van der Waals surface area (Å²) in [4.78, 5) is 24.4. The van der Waals surface area contributed by atoms with Crippen LogP contribution in [0.3, 0.4) is 0 Å². The van der Waals surface area contributed by atoms with Gasteiger partial charge >= 0.3 is 5.69 Å². The van der Waals surface area contributed by atoms with E-state index >= 15 is 0 Å². The zero-order valence-electron chi connectivity index (χ0n) is 14.1. The molecule has 1 atom stereocenters. The Kier molecular flexibility index (Phi) is 4.70. The first kappa shape index (κ1) is 17.6. The van der Waals surface area contributed by atoms with Crippen molar-refractivity contribution in [2.45, 2.75) is 19.5 Å². The van der Waals surface area contributed by atoms with E-state index in [0.29, 0.717) is 17.0 Å². The molecule has 0 fully saturated rings. The summed E-state index contributed by atoms with van der Waals surface area (Å²) in [7, 11) is 1.49. The van der Waals surface area contributed by atoms with Crippen LogP contribution >= 0.6 is 0 Å². The lowest BCUT2D eigenvalue weighted by Gasteiger charge is -2.14. The van der Waals surface area contributed by atoms with Crippen LogP contribution < -0.4 is 15.7 Å². The molecule has 7 nitrogen and oxygen atoms in total. The van der Waals surface area contributed by atoms with Gasteiger partial charge in [-0.1, -0.05) is 6.07 Å². The smallest absolute Gasteiger partial charge is 0.350 e. The maximum absolute atomic E-state index is 13.3. The van der Waals surface area contributed by atoms with Gasteiger partial charge < -0.3 is 10.1 Å². The topological polar surface area (TPSA) is 77.6 Å². The van der Waals surface area contributed by atoms with Crippen molar-refractivity contribution in [2.24, 2.45) is 0 Å². The largest absolute Gasteiger partial charge is 0.497 e. The molecule has 1 N–H and O–H groups in total. The van der Waals surface area contributed by atoms with Gasteiger partial charge in [0.25, 0.3) is 0 Å². The van der Waals surface area contributed by atoms with Gasteiger partial charge in [-0.15, -0.1) is 5.10 Å². The number of hydrogen-bond donors (Lipinski definition) is 1. The van der Waals surface area contributed by atoms with Crippen LogP contribution in [0, 0.1) is 11.6 Å². The Hall–Kier alpha value is -3.23. The average molecular weight is 362 g/mol. The molecule has 0 saturated heterocycles. The highest BCUT2D eigenvalue weighted by atomic mass is 19.2. The van der Waals surface area contributed by atoms with Crippen molar-refractivity contribution in [1.29, 1.82) is 0 Å². The van der Waals surface area contributed by atoms with E-state index in [-0.39, 0.29) is 6.54 Å². The molecule has 1 aromatic carbocycles. The van der Waals surface area contributed by atoms with Gasteiger partial charge in [-0.3, -0.25) is 9.20 Å². The first-order chi connectivity index (χ1) is 12.4. The first-order valence-electron chi connectivity index (χ1n) is 7.76. The fourth-order valence-corrected chi connectivity index (χ4v) is 2.52. The van der Waals surface area contributed by atoms with Crippen molar-refractivity contribution < 1.29 is 18.3 Å². The molecule has 136 valence electrons. The van der Waals surface area contributed by atoms with Crippen molar-refractivity contribution in [2.75, 3.05) is 7.11 Å². The molecule has 26 heavy (non-hydrogen) atoms. The van der Waals surface area contributed by atoms with Crippen LogP contribution in [-0.2, 0) is 11.3 Å². The van der Waals surface area contributed by atoms with Crippen LogP contribution in [0.25, 0.3) is 5.65 Å². The number of nitrogens with one attached hydrogen (secondary N) is 1. The highest BCUT2D eigenvalue weighted by Crippen LogP contribution is 2.16. The predicted octanol–water partition coefficient (Wildman–Crippen LogP) is 1.66. The van der Waals surface area contributed by atoms with Crippen molar-refractivity contribution >= 4 is 11.6 Å². The summed E-state index contributed by atoms with van der Waals surface area (Å²) >= 11 is 0. The lowest BCUT2D eigenvalue weighted by Crippen LogP contribution is -2.34. The maximum atomic E-state index is 13.3. The molecule has 0 radical (unpaired) electrons. The van der Waals surface area contributed by atoms with Gasteiger partial charge in [-0.25, -0.2) is 18.3 Å². The number of rotatable bonds is 5. The van der Waals surface area contributed by atoms with Gasteiger partial charge in [0, 0.05) is 12.3 Å². The summed E-state index contributed by atoms with van der Waals surface area (Å²) in [5.41, 5.74) is 0.276. The molecule has 0 aliphatic rings. The highest BCUT2D eigenvalue weighted by molar-refractivity contribution is 5.76. The fraction of sp³-hybridized carbons (Fsp3) is 0.235. The van der Waals surface area contributed by atoms with Crippen molar-refractivity contribution in [3.05, 3.63) is 64.2 Å². The van der Waals surface area contributed by atoms with Gasteiger partial charge in [-0.2, -0.15) is 0 Å². The van der Waals surface area contributed by atoms with Gasteiger partial charge in [0.05, 0.1) is 13.2 Å². The normalized spacial score (nSPS) is 12.2. The summed E-state index contributed by atoms with van der Waals surface area (Å²) in [5, 5.41) is 6.71. The lowest BCUT2D eigenvalue weighted by atomic mass is 10.1. The summed E-state index contributed by atoms with van der Waals surface area (Å²) in [6.07, 6.45) is 1.50. The zero-order chi connectivity index (χ0) is 18.8. The van der Waals surface area contributed by atoms with E-state index in [1.165, 1.54) is 23.8 Å².